The predicted octanol–water partition coefficient (Wildman–Crippen LogP) is 1.33. The molecule has 0 unspecified atom stereocenters. The molecule has 1 saturated heterocycles. The zero-order valence-corrected chi connectivity index (χ0v) is 13.0. The van der Waals surface area contributed by atoms with Gasteiger partial charge in [0, 0.05) is 24.2 Å². The molecular weight excluding hydrogens is 294 g/mol. The van der Waals surface area contributed by atoms with Crippen LogP contribution in [0.15, 0.2) is 35.3 Å². The van der Waals surface area contributed by atoms with Crippen molar-refractivity contribution >= 4 is 17.0 Å². The largest absolute Gasteiger partial charge is 0.465 e. The number of carbonyl (C=O) groups excluding carboxylic acids is 1. The first-order valence-electron chi connectivity index (χ1n) is 8.07. The summed E-state index contributed by atoms with van der Waals surface area (Å²) in [7, 11) is 0. The standard InChI is InChI=1S/C17H21N3O3/c21-15-5-4-13-3-1-8-19-16(13)20(15)11-2-12-23-17(22)14-6-9-18-10-7-14/h1,3-5,8,14,18H,2,6-7,9-12H2. The van der Waals surface area contributed by atoms with E-state index in [1.54, 1.807) is 22.9 Å². The Balaban J connectivity index is 1.56. The fourth-order valence-corrected chi connectivity index (χ4v) is 2.91. The quantitative estimate of drug-likeness (QED) is 0.665. The van der Waals surface area contributed by atoms with E-state index < -0.39 is 0 Å². The molecule has 0 saturated carbocycles. The van der Waals surface area contributed by atoms with Crippen LogP contribution in [0.4, 0.5) is 0 Å². The van der Waals surface area contributed by atoms with Gasteiger partial charge in [-0.05, 0) is 50.6 Å². The average Bonchev–Trinajstić information content (AvgIpc) is 2.60. The van der Waals surface area contributed by atoms with Crippen LogP contribution >= 0.6 is 0 Å². The van der Waals surface area contributed by atoms with Crippen LogP contribution in [0.2, 0.25) is 0 Å². The molecule has 0 atom stereocenters. The smallest absolute Gasteiger partial charge is 0.309 e. The maximum Gasteiger partial charge on any atom is 0.309 e. The first-order chi connectivity index (χ1) is 11.3. The molecule has 23 heavy (non-hydrogen) atoms. The Morgan fingerprint density at radius 1 is 1.30 bits per heavy atom. The minimum atomic E-state index is -0.116. The third kappa shape index (κ3) is 3.76. The van der Waals surface area contributed by atoms with Gasteiger partial charge in [0.25, 0.3) is 5.56 Å². The molecule has 1 aliphatic heterocycles. The summed E-state index contributed by atoms with van der Waals surface area (Å²) in [6, 6.07) is 7.09. The lowest BCUT2D eigenvalue weighted by atomic mass is 9.99. The number of aryl methyl sites for hydroxylation is 1. The molecule has 0 radical (unpaired) electrons. The third-order valence-electron chi connectivity index (χ3n) is 4.19. The minimum Gasteiger partial charge on any atom is -0.465 e. The summed E-state index contributed by atoms with van der Waals surface area (Å²) < 4.78 is 6.99. The summed E-state index contributed by atoms with van der Waals surface area (Å²) in [4.78, 5) is 28.3. The number of hydrogen-bond donors (Lipinski definition) is 1. The van der Waals surface area contributed by atoms with Crippen LogP contribution in [0, 0.1) is 5.92 Å². The van der Waals surface area contributed by atoms with Gasteiger partial charge < -0.3 is 10.1 Å². The van der Waals surface area contributed by atoms with Crippen molar-refractivity contribution in [2.75, 3.05) is 19.7 Å². The van der Waals surface area contributed by atoms with Crippen LogP contribution < -0.4 is 10.9 Å². The summed E-state index contributed by atoms with van der Waals surface area (Å²) in [6.07, 6.45) is 3.96. The summed E-state index contributed by atoms with van der Waals surface area (Å²) in [5.41, 5.74) is 0.588. The first kappa shape index (κ1) is 15.7. The van der Waals surface area contributed by atoms with Gasteiger partial charge in [-0.2, -0.15) is 0 Å². The molecule has 122 valence electrons. The van der Waals surface area contributed by atoms with Gasteiger partial charge in [-0.1, -0.05) is 0 Å². The van der Waals surface area contributed by atoms with Crippen molar-refractivity contribution in [3.05, 3.63) is 40.8 Å². The third-order valence-corrected chi connectivity index (χ3v) is 4.19. The second kappa shape index (κ2) is 7.37. The topological polar surface area (TPSA) is 73.2 Å². The van der Waals surface area contributed by atoms with Crippen molar-refractivity contribution in [1.29, 1.82) is 0 Å². The van der Waals surface area contributed by atoms with Crippen LogP contribution in [-0.2, 0) is 16.1 Å². The van der Waals surface area contributed by atoms with E-state index in [-0.39, 0.29) is 17.4 Å². The van der Waals surface area contributed by atoms with Crippen molar-refractivity contribution in [3.63, 3.8) is 0 Å². The van der Waals surface area contributed by atoms with Gasteiger partial charge >= 0.3 is 5.97 Å². The van der Waals surface area contributed by atoms with Crippen molar-refractivity contribution in [1.82, 2.24) is 14.9 Å². The summed E-state index contributed by atoms with van der Waals surface area (Å²) >= 11 is 0. The number of aromatic nitrogens is 2. The molecule has 1 fully saturated rings. The van der Waals surface area contributed by atoms with E-state index in [9.17, 15) is 9.59 Å². The lowest BCUT2D eigenvalue weighted by molar-refractivity contribution is -0.149. The van der Waals surface area contributed by atoms with Gasteiger partial charge in [-0.25, -0.2) is 4.98 Å². The number of nitrogens with zero attached hydrogens (tertiary/aromatic N) is 2. The Kier molecular flexibility index (Phi) is 5.02. The van der Waals surface area contributed by atoms with Crippen molar-refractivity contribution in [2.45, 2.75) is 25.8 Å². The van der Waals surface area contributed by atoms with Crippen LogP contribution in [0.1, 0.15) is 19.3 Å². The van der Waals surface area contributed by atoms with Gasteiger partial charge in [-0.3, -0.25) is 14.2 Å². The summed E-state index contributed by atoms with van der Waals surface area (Å²) in [6.45, 7) is 2.57. The van der Waals surface area contributed by atoms with E-state index in [0.29, 0.717) is 25.2 Å². The highest BCUT2D eigenvalue weighted by molar-refractivity contribution is 5.74. The van der Waals surface area contributed by atoms with Crippen LogP contribution in [0.3, 0.4) is 0 Å². The molecule has 1 N–H and O–H groups in total. The molecule has 6 heteroatoms. The fourth-order valence-electron chi connectivity index (χ4n) is 2.91. The number of fused-ring (bicyclic) bond motifs is 1. The number of nitrogens with one attached hydrogen (secondary N) is 1. The summed E-state index contributed by atoms with van der Waals surface area (Å²) in [5, 5.41) is 4.16. The molecule has 3 rings (SSSR count). The minimum absolute atomic E-state index is 0.0122. The number of rotatable bonds is 5. The van der Waals surface area contributed by atoms with Gasteiger partial charge in [0.2, 0.25) is 0 Å². The van der Waals surface area contributed by atoms with Gasteiger partial charge in [0.1, 0.15) is 5.65 Å². The number of esters is 1. The number of hydrogen-bond acceptors (Lipinski definition) is 5. The average molecular weight is 315 g/mol. The Morgan fingerprint density at radius 2 is 2.13 bits per heavy atom. The zero-order valence-electron chi connectivity index (χ0n) is 13.0. The maximum atomic E-state index is 12.0. The molecule has 2 aromatic rings. The van der Waals surface area contributed by atoms with E-state index in [1.165, 1.54) is 0 Å². The SMILES string of the molecule is O=C(OCCCn1c(=O)ccc2cccnc21)C1CCNCC1. The molecule has 0 bridgehead atoms. The first-order valence-corrected chi connectivity index (χ1v) is 8.07. The second-order valence-electron chi connectivity index (χ2n) is 5.78. The molecule has 6 nitrogen and oxygen atoms in total. The van der Waals surface area contributed by atoms with Crippen LogP contribution in [0.25, 0.3) is 11.0 Å². The molecule has 0 aromatic carbocycles. The van der Waals surface area contributed by atoms with Crippen LogP contribution in [-0.4, -0.2) is 35.2 Å². The molecule has 1 aliphatic rings. The number of ether oxygens (including phenoxy) is 1. The summed E-state index contributed by atoms with van der Waals surface area (Å²) in [5.74, 6) is -0.104. The molecule has 0 aliphatic carbocycles. The number of pyridine rings is 2. The van der Waals surface area contributed by atoms with E-state index in [0.717, 1.165) is 31.3 Å². The highest BCUT2D eigenvalue weighted by atomic mass is 16.5. The highest BCUT2D eigenvalue weighted by Gasteiger charge is 2.21. The Labute approximate surface area is 134 Å². The Hall–Kier alpha value is -2.21. The van der Waals surface area contributed by atoms with E-state index in [4.69, 9.17) is 4.74 Å². The predicted molar refractivity (Wildman–Crippen MR) is 87.2 cm³/mol. The van der Waals surface area contributed by atoms with E-state index >= 15 is 0 Å². The fraction of sp³-hybridized carbons (Fsp3) is 0.471. The van der Waals surface area contributed by atoms with Gasteiger partial charge in [0.05, 0.1) is 12.5 Å². The molecule has 0 spiro atoms. The van der Waals surface area contributed by atoms with Crippen LogP contribution in [0.5, 0.6) is 0 Å². The van der Waals surface area contributed by atoms with Crippen molar-refractivity contribution in [2.24, 2.45) is 5.92 Å². The zero-order chi connectivity index (χ0) is 16.1. The lowest BCUT2D eigenvalue weighted by Crippen LogP contribution is -2.33. The molecular formula is C17H21N3O3. The van der Waals surface area contributed by atoms with Crippen molar-refractivity contribution in [3.8, 4) is 0 Å². The lowest BCUT2D eigenvalue weighted by Gasteiger charge is -2.21. The van der Waals surface area contributed by atoms with Gasteiger partial charge in [0.15, 0.2) is 0 Å². The number of carbonyl (C=O) groups is 1. The van der Waals surface area contributed by atoms with E-state index in [1.807, 2.05) is 12.1 Å². The Bertz CT molecular complexity index is 735. The van der Waals surface area contributed by atoms with E-state index in [2.05, 4.69) is 10.3 Å². The van der Waals surface area contributed by atoms with Crippen molar-refractivity contribution < 1.29 is 9.53 Å². The molecule has 3 heterocycles. The Morgan fingerprint density at radius 3 is 2.96 bits per heavy atom. The molecule has 2 aromatic heterocycles. The second-order valence-corrected chi connectivity index (χ2v) is 5.78. The monoisotopic (exact) mass is 315 g/mol. The highest BCUT2D eigenvalue weighted by Crippen LogP contribution is 2.13. The van der Waals surface area contributed by atoms with Gasteiger partial charge in [-0.15, -0.1) is 0 Å². The maximum absolute atomic E-state index is 12.0. The normalized spacial score (nSPS) is 15.7. The molecule has 0 amide bonds. The number of piperidine rings is 1.